The van der Waals surface area contributed by atoms with Gasteiger partial charge in [0.1, 0.15) is 0 Å². The number of pyridine rings is 1. The molecule has 0 saturated carbocycles. The predicted molar refractivity (Wildman–Crippen MR) is 90.3 cm³/mol. The highest BCUT2D eigenvalue weighted by atomic mass is 16.2. The standard InChI is InChI=1S/C18H20N4O/c1-12-5-6-13(8-16(12)17-4-2-3-7-20-17)21-18(23)22-14-9-15(22)11-19-10-14/h2-8,14-15,19H,9-11H2,1H3,(H,21,23). The molecule has 2 aliphatic heterocycles. The molecule has 2 atom stereocenters. The molecule has 0 aliphatic carbocycles. The maximum absolute atomic E-state index is 12.5. The van der Waals surface area contributed by atoms with Gasteiger partial charge in [-0.25, -0.2) is 4.79 Å². The Morgan fingerprint density at radius 2 is 2.09 bits per heavy atom. The molecule has 5 nitrogen and oxygen atoms in total. The van der Waals surface area contributed by atoms with E-state index < -0.39 is 0 Å². The zero-order chi connectivity index (χ0) is 15.8. The molecule has 2 amide bonds. The summed E-state index contributed by atoms with van der Waals surface area (Å²) < 4.78 is 0. The monoisotopic (exact) mass is 308 g/mol. The number of carbonyl (C=O) groups is 1. The molecule has 0 spiro atoms. The fourth-order valence-electron chi connectivity index (χ4n) is 3.50. The van der Waals surface area contributed by atoms with Gasteiger partial charge in [0.15, 0.2) is 0 Å². The summed E-state index contributed by atoms with van der Waals surface area (Å²) in [6.45, 7) is 3.86. The quantitative estimate of drug-likeness (QED) is 0.896. The summed E-state index contributed by atoms with van der Waals surface area (Å²) in [7, 11) is 0. The number of fused-ring (bicyclic) bond motifs is 2. The Labute approximate surface area is 135 Å². The van der Waals surface area contributed by atoms with E-state index in [1.165, 1.54) is 0 Å². The van der Waals surface area contributed by atoms with Crippen LogP contribution in [0, 0.1) is 6.92 Å². The van der Waals surface area contributed by atoms with E-state index in [2.05, 4.69) is 22.5 Å². The predicted octanol–water partition coefficient (Wildman–Crippen LogP) is 2.64. The van der Waals surface area contributed by atoms with Crippen LogP contribution in [0.25, 0.3) is 11.3 Å². The van der Waals surface area contributed by atoms with Crippen molar-refractivity contribution >= 4 is 11.7 Å². The van der Waals surface area contributed by atoms with Crippen molar-refractivity contribution in [1.29, 1.82) is 0 Å². The molecule has 2 saturated heterocycles. The van der Waals surface area contributed by atoms with Crippen molar-refractivity contribution < 1.29 is 4.79 Å². The van der Waals surface area contributed by atoms with Gasteiger partial charge in [0.2, 0.25) is 0 Å². The molecule has 1 aromatic heterocycles. The molecule has 0 radical (unpaired) electrons. The number of rotatable bonds is 2. The SMILES string of the molecule is Cc1ccc(NC(=O)N2C3CNCC2C3)cc1-c1ccccn1. The van der Waals surface area contributed by atoms with E-state index in [1.807, 2.05) is 41.3 Å². The number of piperazine rings is 1. The second kappa shape index (κ2) is 5.66. The molecule has 2 aliphatic rings. The lowest BCUT2D eigenvalue weighted by Gasteiger charge is -2.52. The smallest absolute Gasteiger partial charge is 0.316 e. The third-order valence-electron chi connectivity index (χ3n) is 4.76. The Balaban J connectivity index is 1.55. The number of nitrogens with zero attached hydrogens (tertiary/aromatic N) is 2. The average molecular weight is 308 g/mol. The second-order valence-corrected chi connectivity index (χ2v) is 6.28. The number of aromatic nitrogens is 1. The number of aryl methyl sites for hydroxylation is 1. The molecule has 4 rings (SSSR count). The molecule has 2 fully saturated rings. The van der Waals surface area contributed by atoms with Gasteiger partial charge < -0.3 is 15.5 Å². The number of hydrogen-bond acceptors (Lipinski definition) is 3. The minimum absolute atomic E-state index is 0.00331. The van der Waals surface area contributed by atoms with E-state index in [0.29, 0.717) is 12.1 Å². The van der Waals surface area contributed by atoms with Gasteiger partial charge in [-0.15, -0.1) is 0 Å². The summed E-state index contributed by atoms with van der Waals surface area (Å²) in [5.41, 5.74) is 3.94. The summed E-state index contributed by atoms with van der Waals surface area (Å²) in [5, 5.41) is 6.38. The van der Waals surface area contributed by atoms with Gasteiger partial charge in [-0.3, -0.25) is 4.98 Å². The van der Waals surface area contributed by atoms with Crippen LogP contribution in [-0.4, -0.2) is 41.1 Å². The lowest BCUT2D eigenvalue weighted by molar-refractivity contribution is 0.0309. The van der Waals surface area contributed by atoms with E-state index in [9.17, 15) is 4.79 Å². The van der Waals surface area contributed by atoms with E-state index in [1.54, 1.807) is 6.20 Å². The number of piperidine rings is 1. The summed E-state index contributed by atoms with van der Waals surface area (Å²) in [6.07, 6.45) is 2.90. The third-order valence-corrected chi connectivity index (χ3v) is 4.76. The van der Waals surface area contributed by atoms with Gasteiger partial charge in [0.05, 0.1) is 5.69 Å². The van der Waals surface area contributed by atoms with Crippen LogP contribution < -0.4 is 10.6 Å². The van der Waals surface area contributed by atoms with Gasteiger partial charge in [-0.1, -0.05) is 12.1 Å². The average Bonchev–Trinajstić information content (AvgIpc) is 2.58. The number of benzene rings is 1. The summed E-state index contributed by atoms with van der Waals surface area (Å²) >= 11 is 0. The van der Waals surface area contributed by atoms with Gasteiger partial charge in [0, 0.05) is 42.6 Å². The van der Waals surface area contributed by atoms with Crippen molar-refractivity contribution in [3.05, 3.63) is 48.2 Å². The van der Waals surface area contributed by atoms with Crippen LogP contribution in [0.2, 0.25) is 0 Å². The summed E-state index contributed by atoms with van der Waals surface area (Å²) in [6, 6.07) is 12.5. The van der Waals surface area contributed by atoms with Crippen LogP contribution in [0.1, 0.15) is 12.0 Å². The van der Waals surface area contributed by atoms with Crippen molar-refractivity contribution in [2.24, 2.45) is 0 Å². The number of hydrogen-bond donors (Lipinski definition) is 2. The van der Waals surface area contributed by atoms with Gasteiger partial charge in [-0.2, -0.15) is 0 Å². The fourth-order valence-corrected chi connectivity index (χ4v) is 3.50. The van der Waals surface area contributed by atoms with E-state index >= 15 is 0 Å². The van der Waals surface area contributed by atoms with Crippen LogP contribution >= 0.6 is 0 Å². The summed E-state index contributed by atoms with van der Waals surface area (Å²) in [5.74, 6) is 0. The first-order chi connectivity index (χ1) is 11.2. The van der Waals surface area contributed by atoms with Crippen LogP contribution in [0.5, 0.6) is 0 Å². The molecule has 118 valence electrons. The zero-order valence-electron chi connectivity index (χ0n) is 13.1. The Morgan fingerprint density at radius 1 is 1.26 bits per heavy atom. The van der Waals surface area contributed by atoms with Crippen LogP contribution in [0.4, 0.5) is 10.5 Å². The van der Waals surface area contributed by atoms with Gasteiger partial charge in [-0.05, 0) is 43.2 Å². The molecule has 3 heterocycles. The first-order valence-electron chi connectivity index (χ1n) is 8.04. The third kappa shape index (κ3) is 2.57. The minimum atomic E-state index is 0.00331. The van der Waals surface area contributed by atoms with Crippen LogP contribution in [0.15, 0.2) is 42.6 Å². The molecule has 2 unspecified atom stereocenters. The number of anilines is 1. The summed E-state index contributed by atoms with van der Waals surface area (Å²) in [4.78, 5) is 18.9. The lowest BCUT2D eigenvalue weighted by atomic mass is 9.89. The van der Waals surface area contributed by atoms with E-state index in [4.69, 9.17) is 0 Å². The molecule has 5 heteroatoms. The maximum atomic E-state index is 12.5. The molecule has 2 aromatic rings. The highest BCUT2D eigenvalue weighted by molar-refractivity contribution is 5.91. The number of nitrogens with one attached hydrogen (secondary N) is 2. The second-order valence-electron chi connectivity index (χ2n) is 6.28. The number of carbonyl (C=O) groups excluding carboxylic acids is 1. The number of urea groups is 1. The van der Waals surface area contributed by atoms with Crippen molar-refractivity contribution in [2.75, 3.05) is 18.4 Å². The highest BCUT2D eigenvalue weighted by Crippen LogP contribution is 2.30. The normalized spacial score (nSPS) is 22.4. The Kier molecular flexibility index (Phi) is 3.50. The van der Waals surface area contributed by atoms with Gasteiger partial charge in [0.25, 0.3) is 0 Å². The van der Waals surface area contributed by atoms with Gasteiger partial charge >= 0.3 is 6.03 Å². The fraction of sp³-hybridized carbons (Fsp3) is 0.333. The van der Waals surface area contributed by atoms with Crippen molar-refractivity contribution in [3.8, 4) is 11.3 Å². The first kappa shape index (κ1) is 14.2. The molecule has 1 aromatic carbocycles. The maximum Gasteiger partial charge on any atom is 0.322 e. The lowest BCUT2D eigenvalue weighted by Crippen LogP contribution is -2.70. The Hall–Kier alpha value is -2.40. The zero-order valence-corrected chi connectivity index (χ0v) is 13.1. The first-order valence-corrected chi connectivity index (χ1v) is 8.04. The molecule has 2 N–H and O–H groups in total. The largest absolute Gasteiger partial charge is 0.322 e. The van der Waals surface area contributed by atoms with E-state index in [0.717, 1.165) is 42.0 Å². The van der Waals surface area contributed by atoms with Crippen LogP contribution in [0.3, 0.4) is 0 Å². The Bertz CT molecular complexity index is 717. The molecule has 23 heavy (non-hydrogen) atoms. The number of amides is 2. The van der Waals surface area contributed by atoms with Crippen molar-refractivity contribution in [1.82, 2.24) is 15.2 Å². The minimum Gasteiger partial charge on any atom is -0.316 e. The Morgan fingerprint density at radius 3 is 2.78 bits per heavy atom. The molecular formula is C18H20N4O. The molecule has 2 bridgehead atoms. The van der Waals surface area contributed by atoms with Crippen molar-refractivity contribution in [2.45, 2.75) is 25.4 Å². The highest BCUT2D eigenvalue weighted by Gasteiger charge is 2.44. The van der Waals surface area contributed by atoms with Crippen LogP contribution in [-0.2, 0) is 0 Å². The van der Waals surface area contributed by atoms with E-state index in [-0.39, 0.29) is 6.03 Å². The molecular weight excluding hydrogens is 288 g/mol. The van der Waals surface area contributed by atoms with Crippen molar-refractivity contribution in [3.63, 3.8) is 0 Å². The topological polar surface area (TPSA) is 57.3 Å².